The first kappa shape index (κ1) is 38.7. The number of nitrogens with zero attached hydrogens (tertiary/aromatic N) is 1. The van der Waals surface area contributed by atoms with Crippen LogP contribution in [0.1, 0.15) is 80.6 Å². The molecule has 0 radical (unpaired) electrons. The lowest BCUT2D eigenvalue weighted by Gasteiger charge is -2.37. The summed E-state index contributed by atoms with van der Waals surface area (Å²) in [6, 6.07) is 0. The van der Waals surface area contributed by atoms with E-state index < -0.39 is 59.6 Å². The number of piperazine rings is 1. The zero-order chi connectivity index (χ0) is 34.9. The van der Waals surface area contributed by atoms with E-state index in [-0.39, 0.29) is 37.4 Å². The fourth-order valence-corrected chi connectivity index (χ4v) is 6.26. The Hall–Kier alpha value is -2.77. The molecule has 0 spiro atoms. The number of cyclic esters (lactones) is 1. The van der Waals surface area contributed by atoms with E-state index in [0.717, 1.165) is 0 Å². The summed E-state index contributed by atoms with van der Waals surface area (Å²) in [5, 5.41) is 35.1. The van der Waals surface area contributed by atoms with Gasteiger partial charge in [0.25, 0.3) is 0 Å². The Morgan fingerprint density at radius 3 is 2.57 bits per heavy atom. The van der Waals surface area contributed by atoms with Gasteiger partial charge in [0, 0.05) is 51.4 Å². The molecular formula is C35H56N2O10. The van der Waals surface area contributed by atoms with Gasteiger partial charge in [-0.15, -0.1) is 0 Å². The molecule has 2 saturated heterocycles. The van der Waals surface area contributed by atoms with Crippen molar-refractivity contribution in [1.82, 2.24) is 10.2 Å². The monoisotopic (exact) mass is 664 g/mol. The van der Waals surface area contributed by atoms with E-state index in [0.29, 0.717) is 44.6 Å². The summed E-state index contributed by atoms with van der Waals surface area (Å²) in [6.45, 7) is 14.4. The minimum absolute atomic E-state index is 0.0205. The van der Waals surface area contributed by atoms with Crippen molar-refractivity contribution in [3.8, 4) is 0 Å². The molecule has 266 valence electrons. The molecule has 3 aliphatic rings. The van der Waals surface area contributed by atoms with Crippen LogP contribution >= 0.6 is 0 Å². The summed E-state index contributed by atoms with van der Waals surface area (Å²) in [4.78, 5) is 39.9. The molecule has 47 heavy (non-hydrogen) atoms. The SMILES string of the molecule is CC[C@@H](O)[C@@H](C)[C@@H]1O[C@@H]1C[C@](C)(O)/C=C/C=C(\C)[C@H]1OC(=O)C[C@@H](O)CC[C@](C)(OC(C)=O)[C@@H](OC(=O)N2CCNCC2)/C=C\[C@@H]1C. The van der Waals surface area contributed by atoms with Crippen LogP contribution in [0.15, 0.2) is 36.0 Å². The minimum Gasteiger partial charge on any atom is -0.457 e. The molecule has 3 heterocycles. The Labute approximate surface area is 279 Å². The number of hydrogen-bond acceptors (Lipinski definition) is 11. The Morgan fingerprint density at radius 2 is 1.94 bits per heavy atom. The zero-order valence-corrected chi connectivity index (χ0v) is 29.0. The van der Waals surface area contributed by atoms with Gasteiger partial charge in [0.1, 0.15) is 11.7 Å². The van der Waals surface area contributed by atoms with Crippen LogP contribution in [0.4, 0.5) is 4.79 Å². The average molecular weight is 665 g/mol. The fourth-order valence-electron chi connectivity index (χ4n) is 6.26. The van der Waals surface area contributed by atoms with Gasteiger partial charge in [-0.2, -0.15) is 0 Å². The van der Waals surface area contributed by atoms with Gasteiger partial charge in [0.2, 0.25) is 0 Å². The van der Waals surface area contributed by atoms with Crippen molar-refractivity contribution in [3.63, 3.8) is 0 Å². The third kappa shape index (κ3) is 11.7. The van der Waals surface area contributed by atoms with E-state index in [1.165, 1.54) is 6.92 Å². The number of rotatable bonds is 10. The predicted octanol–water partition coefficient (Wildman–Crippen LogP) is 3.19. The third-order valence-corrected chi connectivity index (χ3v) is 9.33. The molecule has 4 N–H and O–H groups in total. The average Bonchev–Trinajstić information content (AvgIpc) is 3.77. The zero-order valence-electron chi connectivity index (χ0n) is 29.0. The number of aliphatic hydroxyl groups is 3. The first-order chi connectivity index (χ1) is 22.0. The standard InChI is InChI=1S/C35H56N2O10/c1-8-27(40)24(4)32-28(44-32)21-34(6,43)14-9-10-22(2)31-23(3)11-12-29(45-33(42)37-18-16-36-17-19-37)35(7,47-25(5)38)15-13-26(39)20-30(41)46-31/h9-12,14,23-24,26-29,31-32,36,39-40,43H,8,13,15-21H2,1-7H3/b12-11-,14-9+,22-10+/t23-,24+,26-,27+,28+,29-,31+,32-,34+,35-/m0/s1. The van der Waals surface area contributed by atoms with Gasteiger partial charge in [0.05, 0.1) is 36.4 Å². The highest BCUT2D eigenvalue weighted by atomic mass is 16.6. The number of esters is 2. The van der Waals surface area contributed by atoms with Crippen LogP contribution in [-0.2, 0) is 28.5 Å². The van der Waals surface area contributed by atoms with Gasteiger partial charge in [-0.3, -0.25) is 9.59 Å². The maximum atomic E-state index is 13.2. The molecule has 2 fully saturated rings. The molecule has 1 amide bonds. The molecule has 0 aromatic heterocycles. The molecule has 0 aromatic carbocycles. The molecule has 0 bridgehead atoms. The summed E-state index contributed by atoms with van der Waals surface area (Å²) >= 11 is 0. The van der Waals surface area contributed by atoms with Crippen molar-refractivity contribution >= 4 is 18.0 Å². The number of epoxide rings is 1. The summed E-state index contributed by atoms with van der Waals surface area (Å²) < 4.78 is 23.3. The number of carbonyl (C=O) groups excluding carboxylic acids is 3. The molecule has 3 rings (SSSR count). The Bertz CT molecular complexity index is 1160. The van der Waals surface area contributed by atoms with Crippen LogP contribution in [0.25, 0.3) is 0 Å². The molecule has 12 heteroatoms. The quantitative estimate of drug-likeness (QED) is 0.0891. The second-order valence-electron chi connectivity index (χ2n) is 13.8. The van der Waals surface area contributed by atoms with Gasteiger partial charge in [0.15, 0.2) is 6.10 Å². The molecule has 12 nitrogen and oxygen atoms in total. The van der Waals surface area contributed by atoms with Crippen molar-refractivity contribution in [2.45, 2.75) is 128 Å². The van der Waals surface area contributed by atoms with Crippen molar-refractivity contribution in [1.29, 1.82) is 0 Å². The van der Waals surface area contributed by atoms with Gasteiger partial charge in [-0.05, 0) is 51.7 Å². The van der Waals surface area contributed by atoms with Crippen molar-refractivity contribution in [2.75, 3.05) is 26.2 Å². The van der Waals surface area contributed by atoms with Crippen LogP contribution in [0.5, 0.6) is 0 Å². The first-order valence-corrected chi connectivity index (χ1v) is 16.9. The topological polar surface area (TPSA) is 167 Å². The van der Waals surface area contributed by atoms with E-state index in [1.807, 2.05) is 27.7 Å². The van der Waals surface area contributed by atoms with E-state index in [1.54, 1.807) is 49.1 Å². The van der Waals surface area contributed by atoms with Gasteiger partial charge < -0.3 is 44.5 Å². The normalized spacial score (nSPS) is 34.2. The largest absolute Gasteiger partial charge is 0.457 e. The smallest absolute Gasteiger partial charge is 0.410 e. The lowest BCUT2D eigenvalue weighted by molar-refractivity contribution is -0.168. The van der Waals surface area contributed by atoms with Gasteiger partial charge in [-0.1, -0.05) is 45.1 Å². The highest BCUT2D eigenvalue weighted by Gasteiger charge is 2.47. The summed E-state index contributed by atoms with van der Waals surface area (Å²) in [5.41, 5.74) is -1.79. The van der Waals surface area contributed by atoms with E-state index in [4.69, 9.17) is 18.9 Å². The lowest BCUT2D eigenvalue weighted by Crippen LogP contribution is -2.51. The number of nitrogens with one attached hydrogen (secondary N) is 1. The van der Waals surface area contributed by atoms with Crippen molar-refractivity contribution < 1.29 is 48.7 Å². The highest BCUT2D eigenvalue weighted by molar-refractivity contribution is 5.71. The highest BCUT2D eigenvalue weighted by Crippen LogP contribution is 2.37. The molecule has 0 unspecified atom stereocenters. The van der Waals surface area contributed by atoms with E-state index in [2.05, 4.69) is 5.32 Å². The molecular weight excluding hydrogens is 608 g/mol. The number of amides is 1. The second-order valence-corrected chi connectivity index (χ2v) is 13.8. The van der Waals surface area contributed by atoms with Crippen LogP contribution in [0, 0.1) is 11.8 Å². The predicted molar refractivity (Wildman–Crippen MR) is 175 cm³/mol. The van der Waals surface area contributed by atoms with Crippen LogP contribution in [-0.4, -0.2) is 112 Å². The molecule has 0 saturated carbocycles. The summed E-state index contributed by atoms with van der Waals surface area (Å²) in [5.74, 6) is -1.57. The maximum Gasteiger partial charge on any atom is 0.410 e. The van der Waals surface area contributed by atoms with E-state index >= 15 is 0 Å². The second kappa shape index (κ2) is 17.1. The Morgan fingerprint density at radius 1 is 1.26 bits per heavy atom. The molecule has 10 atom stereocenters. The summed E-state index contributed by atoms with van der Waals surface area (Å²) in [6.07, 6.45) is 5.54. The van der Waals surface area contributed by atoms with Gasteiger partial charge in [-0.25, -0.2) is 4.79 Å². The number of aliphatic hydroxyl groups excluding tert-OH is 2. The molecule has 0 aromatic rings. The van der Waals surface area contributed by atoms with Crippen LogP contribution in [0.2, 0.25) is 0 Å². The lowest BCUT2D eigenvalue weighted by atomic mass is 9.88. The van der Waals surface area contributed by atoms with Crippen molar-refractivity contribution in [2.24, 2.45) is 11.8 Å². The van der Waals surface area contributed by atoms with Crippen molar-refractivity contribution in [3.05, 3.63) is 36.0 Å². The minimum atomic E-state index is -1.30. The Kier molecular flexibility index (Phi) is 14.0. The molecule has 3 aliphatic heterocycles. The maximum absolute atomic E-state index is 13.2. The van der Waals surface area contributed by atoms with Gasteiger partial charge >= 0.3 is 18.0 Å². The number of allylic oxidation sites excluding steroid dienone is 2. The molecule has 0 aliphatic carbocycles. The van der Waals surface area contributed by atoms with Crippen LogP contribution in [0.3, 0.4) is 0 Å². The van der Waals surface area contributed by atoms with Crippen LogP contribution < -0.4 is 5.32 Å². The number of ether oxygens (including phenoxy) is 4. The number of hydrogen-bond donors (Lipinski definition) is 4. The third-order valence-electron chi connectivity index (χ3n) is 9.33. The van der Waals surface area contributed by atoms with E-state index in [9.17, 15) is 29.7 Å². The number of carbonyl (C=O) groups is 3. The fraction of sp³-hybridized carbons (Fsp3) is 0.743. The summed E-state index contributed by atoms with van der Waals surface area (Å²) in [7, 11) is 0. The Balaban J connectivity index is 1.82. The first-order valence-electron chi connectivity index (χ1n) is 16.9.